The molecule has 0 saturated carbocycles. The van der Waals surface area contributed by atoms with Crippen molar-refractivity contribution in [3.63, 3.8) is 0 Å². The van der Waals surface area contributed by atoms with Gasteiger partial charge in [0.05, 0.1) is 22.4 Å². The Kier molecular flexibility index (Phi) is 7.25. The first-order chi connectivity index (χ1) is 28.0. The molecule has 2 aliphatic carbocycles. The molecule has 0 saturated heterocycles. The lowest BCUT2D eigenvalue weighted by atomic mass is 9.70. The van der Waals surface area contributed by atoms with Gasteiger partial charge < -0.3 is 9.47 Å². The summed E-state index contributed by atoms with van der Waals surface area (Å²) in [6, 6.07) is 61.1. The molecule has 0 unspecified atom stereocenters. The fourth-order valence-electron chi connectivity index (χ4n) is 11.0. The summed E-state index contributed by atoms with van der Waals surface area (Å²) in [7, 11) is 0. The van der Waals surface area contributed by atoms with Crippen LogP contribution in [0.1, 0.15) is 76.3 Å². The molecule has 0 aliphatic heterocycles. The van der Waals surface area contributed by atoms with Crippen LogP contribution < -0.4 is 4.90 Å². The van der Waals surface area contributed by atoms with Gasteiger partial charge in [-0.3, -0.25) is 0 Å². The molecule has 282 valence electrons. The van der Waals surface area contributed by atoms with E-state index in [1.807, 2.05) is 0 Å². The van der Waals surface area contributed by atoms with Gasteiger partial charge in [0.25, 0.3) is 0 Å². The van der Waals surface area contributed by atoms with E-state index in [9.17, 15) is 0 Å². The summed E-state index contributed by atoms with van der Waals surface area (Å²) in [5, 5.41) is 5.01. The average Bonchev–Trinajstić information content (AvgIpc) is 3.78. The van der Waals surface area contributed by atoms with Gasteiger partial charge >= 0.3 is 0 Å². The summed E-state index contributed by atoms with van der Waals surface area (Å²) in [6.45, 7) is 17.1. The Morgan fingerprint density at radius 3 is 1.48 bits per heavy atom. The fraction of sp³-hybridized carbons (Fsp3) is 0.179. The van der Waals surface area contributed by atoms with Crippen molar-refractivity contribution in [2.45, 2.75) is 64.7 Å². The highest BCUT2D eigenvalue weighted by Gasteiger charge is 2.50. The second-order valence-electron chi connectivity index (χ2n) is 18.5. The zero-order chi connectivity index (χ0) is 39.7. The highest BCUT2D eigenvalue weighted by Crippen LogP contribution is 2.66. The van der Waals surface area contributed by atoms with Gasteiger partial charge in [-0.05, 0) is 103 Å². The van der Waals surface area contributed by atoms with Gasteiger partial charge in [0, 0.05) is 38.4 Å². The van der Waals surface area contributed by atoms with E-state index in [4.69, 9.17) is 0 Å². The van der Waals surface area contributed by atoms with Crippen LogP contribution in [0.5, 0.6) is 0 Å². The monoisotopic (exact) mass is 748 g/mol. The topological polar surface area (TPSA) is 8.17 Å². The minimum Gasteiger partial charge on any atom is -0.309 e. The molecule has 0 N–H and O–H groups in total. The number of hydrogen-bond donors (Lipinski definition) is 0. The zero-order valence-electron chi connectivity index (χ0n) is 34.5. The molecule has 0 radical (unpaired) electrons. The van der Waals surface area contributed by atoms with Gasteiger partial charge in [0.1, 0.15) is 0 Å². The summed E-state index contributed by atoms with van der Waals surface area (Å²) in [6.07, 6.45) is 0. The number of fused-ring (bicyclic) bond motifs is 10. The van der Waals surface area contributed by atoms with E-state index in [-0.39, 0.29) is 16.2 Å². The Balaban J connectivity index is 1.28. The number of aromatic nitrogens is 1. The summed E-state index contributed by atoms with van der Waals surface area (Å²) >= 11 is 0. The minimum atomic E-state index is -0.271. The Morgan fingerprint density at radius 2 is 0.931 bits per heavy atom. The predicted molar refractivity (Wildman–Crippen MR) is 247 cm³/mol. The van der Waals surface area contributed by atoms with E-state index in [1.54, 1.807) is 0 Å². The number of para-hydroxylation sites is 2. The van der Waals surface area contributed by atoms with Crippen molar-refractivity contribution in [1.82, 2.24) is 4.57 Å². The Labute approximate surface area is 342 Å². The molecule has 11 rings (SSSR count). The Bertz CT molecular complexity index is 3000. The minimum absolute atomic E-state index is 0.123. The second-order valence-corrected chi connectivity index (χ2v) is 18.5. The van der Waals surface area contributed by atoms with E-state index >= 15 is 0 Å². The van der Waals surface area contributed by atoms with E-state index in [1.165, 1.54) is 94.0 Å². The third kappa shape index (κ3) is 4.66. The van der Waals surface area contributed by atoms with Crippen LogP contribution in [0.25, 0.3) is 60.5 Å². The van der Waals surface area contributed by atoms with Crippen LogP contribution in [-0.2, 0) is 16.2 Å². The molecule has 0 amide bonds. The lowest BCUT2D eigenvalue weighted by Crippen LogP contribution is -2.28. The molecule has 8 aromatic carbocycles. The maximum absolute atomic E-state index is 2.64. The van der Waals surface area contributed by atoms with Crippen LogP contribution in [0.2, 0.25) is 0 Å². The normalized spacial score (nSPS) is 14.7. The van der Waals surface area contributed by atoms with Gasteiger partial charge in [0.2, 0.25) is 0 Å². The molecule has 9 aromatic rings. The van der Waals surface area contributed by atoms with E-state index in [0.717, 1.165) is 11.4 Å². The SMILES string of the molecule is CC(C)(C)c1c2c(c(N(c3ccc(-n4c5ccccc5c5ccccc54)cc3)c3cccc4ccccc34)c3c1-c1ccccc1C3(C)C)C(C)(C)c1ccccc1-2. The zero-order valence-corrected chi connectivity index (χ0v) is 34.5. The van der Waals surface area contributed by atoms with Crippen molar-refractivity contribution in [3.8, 4) is 27.9 Å². The molecule has 0 bridgehead atoms. The second kappa shape index (κ2) is 12.1. The summed E-state index contributed by atoms with van der Waals surface area (Å²) in [5.74, 6) is 0. The lowest BCUT2D eigenvalue weighted by Gasteiger charge is -2.39. The maximum Gasteiger partial charge on any atom is 0.0556 e. The summed E-state index contributed by atoms with van der Waals surface area (Å²) < 4.78 is 2.42. The molecular formula is C56H48N2. The van der Waals surface area contributed by atoms with E-state index < -0.39 is 0 Å². The summed E-state index contributed by atoms with van der Waals surface area (Å²) in [5.41, 5.74) is 19.2. The third-order valence-corrected chi connectivity index (χ3v) is 13.4. The number of anilines is 3. The van der Waals surface area contributed by atoms with E-state index in [0.29, 0.717) is 0 Å². The van der Waals surface area contributed by atoms with Gasteiger partial charge in [-0.2, -0.15) is 0 Å². The molecule has 2 heteroatoms. The van der Waals surface area contributed by atoms with E-state index in [2.05, 4.69) is 222 Å². The van der Waals surface area contributed by atoms with Crippen LogP contribution in [0, 0.1) is 0 Å². The predicted octanol–water partition coefficient (Wildman–Crippen LogP) is 15.3. The largest absolute Gasteiger partial charge is 0.309 e. The van der Waals surface area contributed by atoms with Crippen molar-refractivity contribution in [2.75, 3.05) is 4.90 Å². The molecule has 58 heavy (non-hydrogen) atoms. The molecule has 1 aromatic heterocycles. The quantitative estimate of drug-likeness (QED) is 0.174. The van der Waals surface area contributed by atoms with Crippen LogP contribution in [0.15, 0.2) is 164 Å². The maximum atomic E-state index is 2.64. The van der Waals surface area contributed by atoms with Crippen molar-refractivity contribution in [1.29, 1.82) is 0 Å². The number of benzene rings is 8. The third-order valence-electron chi connectivity index (χ3n) is 13.4. The molecule has 2 aliphatic rings. The van der Waals surface area contributed by atoms with Gasteiger partial charge in [-0.1, -0.05) is 170 Å². The molecule has 0 fully saturated rings. The highest BCUT2D eigenvalue weighted by atomic mass is 15.2. The smallest absolute Gasteiger partial charge is 0.0556 e. The first kappa shape index (κ1) is 34.8. The summed E-state index contributed by atoms with van der Waals surface area (Å²) in [4.78, 5) is 2.64. The van der Waals surface area contributed by atoms with Gasteiger partial charge in [-0.25, -0.2) is 0 Å². The van der Waals surface area contributed by atoms with Crippen LogP contribution in [0.4, 0.5) is 17.1 Å². The lowest BCUT2D eigenvalue weighted by molar-refractivity contribution is 0.587. The Hall–Kier alpha value is -6.38. The first-order valence-electron chi connectivity index (χ1n) is 20.8. The molecular weight excluding hydrogens is 701 g/mol. The molecule has 1 heterocycles. The molecule has 0 spiro atoms. The molecule has 2 nitrogen and oxygen atoms in total. The van der Waals surface area contributed by atoms with Crippen molar-refractivity contribution < 1.29 is 0 Å². The first-order valence-corrected chi connectivity index (χ1v) is 20.8. The molecule has 0 atom stereocenters. The standard InChI is InChI=1S/C56H48N2/c1-54(2,3)50-48-41-24-10-14-26-43(41)55(4,5)51(48)53(52-49(50)42-25-11-15-27-44(42)56(52,6)7)58(45-30-18-20-35-19-8-9-21-38(35)45)37-33-31-36(32-34-37)57-46-28-16-12-22-39(46)40-23-13-17-29-47(40)57/h8-34H,1-7H3. The Morgan fingerprint density at radius 1 is 0.466 bits per heavy atom. The van der Waals surface area contributed by atoms with Crippen LogP contribution in [-0.4, -0.2) is 4.57 Å². The van der Waals surface area contributed by atoms with Crippen LogP contribution >= 0.6 is 0 Å². The number of hydrogen-bond acceptors (Lipinski definition) is 1. The fourth-order valence-corrected chi connectivity index (χ4v) is 11.0. The van der Waals surface area contributed by atoms with Gasteiger partial charge in [-0.15, -0.1) is 0 Å². The van der Waals surface area contributed by atoms with Gasteiger partial charge in [0.15, 0.2) is 0 Å². The van der Waals surface area contributed by atoms with Crippen molar-refractivity contribution >= 4 is 49.6 Å². The van der Waals surface area contributed by atoms with Crippen LogP contribution in [0.3, 0.4) is 0 Å². The average molecular weight is 749 g/mol. The number of nitrogens with zero attached hydrogens (tertiary/aromatic N) is 2. The number of rotatable bonds is 4. The van der Waals surface area contributed by atoms with Crippen molar-refractivity contribution in [3.05, 3.63) is 192 Å². The van der Waals surface area contributed by atoms with Crippen molar-refractivity contribution in [2.24, 2.45) is 0 Å². The highest BCUT2D eigenvalue weighted by molar-refractivity contribution is 6.10.